The van der Waals surface area contributed by atoms with Crippen molar-refractivity contribution >= 4 is 39.1 Å². The van der Waals surface area contributed by atoms with Gasteiger partial charge in [-0.3, -0.25) is 4.90 Å². The second-order valence-electron chi connectivity index (χ2n) is 5.75. The van der Waals surface area contributed by atoms with E-state index in [9.17, 15) is 0 Å². The molecule has 3 nitrogen and oxygen atoms in total. The zero-order chi connectivity index (χ0) is 17.1. The molecule has 1 aliphatic heterocycles. The van der Waals surface area contributed by atoms with Crippen LogP contribution in [-0.4, -0.2) is 38.2 Å². The van der Waals surface area contributed by atoms with Gasteiger partial charge in [-0.1, -0.05) is 45.2 Å². The minimum absolute atomic E-state index is 0.0642. The summed E-state index contributed by atoms with van der Waals surface area (Å²) in [5, 5.41) is 4.55. The van der Waals surface area contributed by atoms with E-state index in [0.29, 0.717) is 10.0 Å². The summed E-state index contributed by atoms with van der Waals surface area (Å²) in [5.74, 6) is 0.868. The number of rotatable bonds is 4. The van der Waals surface area contributed by atoms with E-state index in [0.717, 1.165) is 47.5 Å². The molecule has 128 valence electrons. The van der Waals surface area contributed by atoms with Crippen LogP contribution in [0.1, 0.15) is 17.2 Å². The van der Waals surface area contributed by atoms with Gasteiger partial charge in [0.05, 0.1) is 23.2 Å². The van der Waals surface area contributed by atoms with E-state index in [-0.39, 0.29) is 6.04 Å². The summed E-state index contributed by atoms with van der Waals surface area (Å²) in [5.41, 5.74) is 2.23. The molecule has 0 aromatic heterocycles. The number of hydrogen-bond donors (Lipinski definition) is 1. The lowest BCUT2D eigenvalue weighted by Gasteiger charge is -2.36. The highest BCUT2D eigenvalue weighted by Gasteiger charge is 2.27. The van der Waals surface area contributed by atoms with Crippen LogP contribution in [-0.2, 0) is 0 Å². The summed E-state index contributed by atoms with van der Waals surface area (Å²) in [7, 11) is 1.70. The minimum Gasteiger partial charge on any atom is -0.496 e. The zero-order valence-corrected chi connectivity index (χ0v) is 16.5. The van der Waals surface area contributed by atoms with Crippen molar-refractivity contribution in [2.45, 2.75) is 6.04 Å². The highest BCUT2D eigenvalue weighted by atomic mass is 79.9. The van der Waals surface area contributed by atoms with Crippen LogP contribution >= 0.6 is 39.1 Å². The molecule has 0 bridgehead atoms. The molecule has 2 aromatic rings. The maximum absolute atomic E-state index is 6.29. The zero-order valence-electron chi connectivity index (χ0n) is 13.4. The Morgan fingerprint density at radius 2 is 1.83 bits per heavy atom. The third-order valence-corrected chi connectivity index (χ3v) is 5.49. The van der Waals surface area contributed by atoms with Crippen molar-refractivity contribution < 1.29 is 4.74 Å². The molecule has 1 fully saturated rings. The summed E-state index contributed by atoms with van der Waals surface area (Å²) >= 11 is 16.0. The lowest BCUT2D eigenvalue weighted by Crippen LogP contribution is -2.45. The topological polar surface area (TPSA) is 24.5 Å². The normalized spacial score (nSPS) is 16.8. The second kappa shape index (κ2) is 8.07. The van der Waals surface area contributed by atoms with Crippen molar-refractivity contribution in [3.05, 3.63) is 62.0 Å². The van der Waals surface area contributed by atoms with E-state index in [4.69, 9.17) is 27.9 Å². The SMILES string of the molecule is COc1ccc(Br)cc1C(c1ccc(Cl)c(Cl)c1)N1CCNCC1. The largest absolute Gasteiger partial charge is 0.496 e. The summed E-state index contributed by atoms with van der Waals surface area (Å²) in [6, 6.07) is 12.0. The molecule has 0 aliphatic carbocycles. The van der Waals surface area contributed by atoms with Crippen molar-refractivity contribution in [2.24, 2.45) is 0 Å². The molecule has 3 rings (SSSR count). The molecule has 0 amide bonds. The first-order valence-electron chi connectivity index (χ1n) is 7.83. The van der Waals surface area contributed by atoms with Gasteiger partial charge in [-0.2, -0.15) is 0 Å². The highest BCUT2D eigenvalue weighted by molar-refractivity contribution is 9.10. The standard InChI is InChI=1S/C18H19BrCl2N2O/c1-24-17-5-3-13(19)11-14(17)18(23-8-6-22-7-9-23)12-2-4-15(20)16(21)10-12/h2-5,10-11,18,22H,6-9H2,1H3. The highest BCUT2D eigenvalue weighted by Crippen LogP contribution is 2.38. The number of methoxy groups -OCH3 is 1. The van der Waals surface area contributed by atoms with Crippen molar-refractivity contribution in [2.75, 3.05) is 33.3 Å². The lowest BCUT2D eigenvalue weighted by molar-refractivity contribution is 0.195. The Hall–Kier alpha value is -0.780. The monoisotopic (exact) mass is 428 g/mol. The van der Waals surface area contributed by atoms with Gasteiger partial charge in [0.15, 0.2) is 0 Å². The van der Waals surface area contributed by atoms with Gasteiger partial charge >= 0.3 is 0 Å². The Labute approximate surface area is 161 Å². The van der Waals surface area contributed by atoms with E-state index in [1.54, 1.807) is 7.11 Å². The average molecular weight is 430 g/mol. The smallest absolute Gasteiger partial charge is 0.124 e. The fourth-order valence-electron chi connectivity index (χ4n) is 3.13. The predicted octanol–water partition coefficient (Wildman–Crippen LogP) is 4.76. The molecule has 1 unspecified atom stereocenters. The van der Waals surface area contributed by atoms with Gasteiger partial charge in [-0.05, 0) is 35.9 Å². The Kier molecular flexibility index (Phi) is 6.06. The molecule has 1 N–H and O–H groups in total. The Morgan fingerprint density at radius 3 is 2.50 bits per heavy atom. The number of nitrogens with zero attached hydrogens (tertiary/aromatic N) is 1. The van der Waals surface area contributed by atoms with Crippen molar-refractivity contribution in [1.82, 2.24) is 10.2 Å². The molecule has 0 spiro atoms. The van der Waals surface area contributed by atoms with Gasteiger partial charge in [0.25, 0.3) is 0 Å². The van der Waals surface area contributed by atoms with E-state index in [2.05, 4.69) is 32.2 Å². The predicted molar refractivity (Wildman–Crippen MR) is 103 cm³/mol. The number of nitrogens with one attached hydrogen (secondary N) is 1. The van der Waals surface area contributed by atoms with Crippen LogP contribution in [0.2, 0.25) is 10.0 Å². The van der Waals surface area contributed by atoms with Crippen LogP contribution in [0, 0.1) is 0 Å². The molecule has 24 heavy (non-hydrogen) atoms. The molecule has 2 aromatic carbocycles. The van der Waals surface area contributed by atoms with E-state index < -0.39 is 0 Å². The molecule has 1 heterocycles. The third kappa shape index (κ3) is 3.89. The summed E-state index contributed by atoms with van der Waals surface area (Å²) in [6.45, 7) is 3.85. The molecule has 6 heteroatoms. The lowest BCUT2D eigenvalue weighted by atomic mass is 9.95. The van der Waals surface area contributed by atoms with E-state index in [1.165, 1.54) is 0 Å². The molecule has 0 radical (unpaired) electrons. The Bertz CT molecular complexity index is 720. The molecule has 0 saturated carbocycles. The van der Waals surface area contributed by atoms with Crippen LogP contribution in [0.3, 0.4) is 0 Å². The number of benzene rings is 2. The van der Waals surface area contributed by atoms with Crippen LogP contribution in [0.4, 0.5) is 0 Å². The second-order valence-corrected chi connectivity index (χ2v) is 7.48. The summed E-state index contributed by atoms with van der Waals surface area (Å²) in [6.07, 6.45) is 0. The van der Waals surface area contributed by atoms with Crippen LogP contribution in [0.25, 0.3) is 0 Å². The Balaban J connectivity index is 2.11. The summed E-state index contributed by atoms with van der Waals surface area (Å²) < 4.78 is 6.65. The van der Waals surface area contributed by atoms with Crippen molar-refractivity contribution in [1.29, 1.82) is 0 Å². The average Bonchev–Trinajstić information content (AvgIpc) is 2.59. The maximum atomic E-state index is 6.29. The maximum Gasteiger partial charge on any atom is 0.124 e. The fraction of sp³-hybridized carbons (Fsp3) is 0.333. The van der Waals surface area contributed by atoms with Crippen LogP contribution in [0.15, 0.2) is 40.9 Å². The third-order valence-electron chi connectivity index (χ3n) is 4.26. The first kappa shape index (κ1) is 18.0. The Morgan fingerprint density at radius 1 is 1.08 bits per heavy atom. The number of ether oxygens (including phenoxy) is 1. The van der Waals surface area contributed by atoms with E-state index in [1.807, 2.05) is 30.3 Å². The van der Waals surface area contributed by atoms with Crippen molar-refractivity contribution in [3.63, 3.8) is 0 Å². The van der Waals surface area contributed by atoms with Gasteiger partial charge in [0.2, 0.25) is 0 Å². The first-order chi connectivity index (χ1) is 11.6. The molecule has 1 aliphatic rings. The molecule has 1 saturated heterocycles. The van der Waals surface area contributed by atoms with Gasteiger partial charge < -0.3 is 10.1 Å². The van der Waals surface area contributed by atoms with Gasteiger partial charge in [-0.25, -0.2) is 0 Å². The minimum atomic E-state index is 0.0642. The fourth-order valence-corrected chi connectivity index (χ4v) is 3.81. The summed E-state index contributed by atoms with van der Waals surface area (Å²) in [4.78, 5) is 2.44. The van der Waals surface area contributed by atoms with Gasteiger partial charge in [0, 0.05) is 36.2 Å². The van der Waals surface area contributed by atoms with Crippen molar-refractivity contribution in [3.8, 4) is 5.75 Å². The van der Waals surface area contributed by atoms with Crippen LogP contribution in [0.5, 0.6) is 5.75 Å². The van der Waals surface area contributed by atoms with Gasteiger partial charge in [0.1, 0.15) is 5.75 Å². The number of piperazine rings is 1. The first-order valence-corrected chi connectivity index (χ1v) is 9.38. The molecular weight excluding hydrogens is 411 g/mol. The van der Waals surface area contributed by atoms with Crippen LogP contribution < -0.4 is 10.1 Å². The molecular formula is C18H19BrCl2N2O. The molecule has 1 atom stereocenters. The quantitative estimate of drug-likeness (QED) is 0.758. The van der Waals surface area contributed by atoms with Gasteiger partial charge in [-0.15, -0.1) is 0 Å². The number of hydrogen-bond acceptors (Lipinski definition) is 3. The van der Waals surface area contributed by atoms with E-state index >= 15 is 0 Å². The number of halogens is 3.